The number of pyridine rings is 1. The van der Waals surface area contributed by atoms with E-state index in [1.54, 1.807) is 51.3 Å². The van der Waals surface area contributed by atoms with E-state index in [1.165, 1.54) is 0 Å². The van der Waals surface area contributed by atoms with Crippen LogP contribution in [0.5, 0.6) is 5.75 Å². The van der Waals surface area contributed by atoms with E-state index >= 15 is 0 Å². The van der Waals surface area contributed by atoms with E-state index < -0.39 is 20.6 Å². The summed E-state index contributed by atoms with van der Waals surface area (Å²) in [6.07, 6.45) is 1.11. The van der Waals surface area contributed by atoms with Crippen molar-refractivity contribution in [2.45, 2.75) is 29.5 Å². The number of sulfone groups is 1. The van der Waals surface area contributed by atoms with E-state index in [2.05, 4.69) is 4.98 Å². The second-order valence-electron chi connectivity index (χ2n) is 5.32. The fourth-order valence-corrected chi connectivity index (χ4v) is 5.32. The molecule has 0 saturated heterocycles. The summed E-state index contributed by atoms with van der Waals surface area (Å²) >= 11 is 0. The maximum absolute atomic E-state index is 12.7. The van der Waals surface area contributed by atoms with Gasteiger partial charge in [0.05, 0.1) is 23.7 Å². The van der Waals surface area contributed by atoms with Crippen LogP contribution in [0.3, 0.4) is 0 Å². The van der Waals surface area contributed by atoms with E-state index in [-0.39, 0.29) is 15.7 Å². The molecule has 1 aromatic heterocycles. The number of nitrogens with zero attached hydrogens (tertiary/aromatic N) is 1. The Labute approximate surface area is 139 Å². The molecule has 2 rings (SSSR count). The minimum atomic E-state index is -3.50. The molecular formula is C16H19NO4S2. The number of aryl methyl sites for hydroxylation is 2. The smallest absolute Gasteiger partial charge is 0.178 e. The lowest BCUT2D eigenvalue weighted by atomic mass is 10.2. The highest BCUT2D eigenvalue weighted by atomic mass is 32.2. The summed E-state index contributed by atoms with van der Waals surface area (Å²) in [5.74, 6) is 0.906. The molecule has 0 aliphatic heterocycles. The second kappa shape index (κ2) is 6.80. The first-order valence-electron chi connectivity index (χ1n) is 6.92. The first-order valence-corrected chi connectivity index (χ1v) is 10.1. The maximum atomic E-state index is 12.7. The van der Waals surface area contributed by atoms with Crippen LogP contribution in [0.1, 0.15) is 16.8 Å². The maximum Gasteiger partial charge on any atom is 0.178 e. The number of hydrogen-bond donors (Lipinski definition) is 0. The number of methoxy groups -OCH3 is 1. The van der Waals surface area contributed by atoms with Crippen molar-refractivity contribution in [3.8, 4) is 5.75 Å². The van der Waals surface area contributed by atoms with Gasteiger partial charge in [-0.05, 0) is 43.2 Å². The van der Waals surface area contributed by atoms with Gasteiger partial charge < -0.3 is 4.74 Å². The molecule has 0 amide bonds. The molecule has 0 bridgehead atoms. The summed E-state index contributed by atoms with van der Waals surface area (Å²) in [5, 5.41) is 0.126. The molecule has 0 fully saturated rings. The van der Waals surface area contributed by atoms with Crippen LogP contribution in [0.4, 0.5) is 0 Å². The van der Waals surface area contributed by atoms with Gasteiger partial charge in [0.2, 0.25) is 0 Å². The summed E-state index contributed by atoms with van der Waals surface area (Å²) in [6.45, 7) is 3.45. The summed E-state index contributed by atoms with van der Waals surface area (Å²) in [6, 6.07) is 8.85. The van der Waals surface area contributed by atoms with Crippen molar-refractivity contribution in [2.75, 3.05) is 13.4 Å². The molecule has 0 saturated carbocycles. The second-order valence-corrected chi connectivity index (χ2v) is 8.64. The van der Waals surface area contributed by atoms with Gasteiger partial charge in [0, 0.05) is 11.9 Å². The van der Waals surface area contributed by atoms with Crippen LogP contribution in [0.15, 0.2) is 40.3 Å². The van der Waals surface area contributed by atoms with Crippen molar-refractivity contribution < 1.29 is 17.4 Å². The molecule has 5 nitrogen and oxygen atoms in total. The molecule has 7 heteroatoms. The summed E-state index contributed by atoms with van der Waals surface area (Å²) in [7, 11) is -3.48. The Hall–Kier alpha value is -1.73. The molecule has 0 radical (unpaired) electrons. The molecule has 1 heterocycles. The normalized spacial score (nSPS) is 12.9. The lowest BCUT2D eigenvalue weighted by Gasteiger charge is -2.11. The van der Waals surface area contributed by atoms with Gasteiger partial charge in [-0.3, -0.25) is 4.21 Å². The molecule has 1 aromatic carbocycles. The zero-order valence-corrected chi connectivity index (χ0v) is 15.1. The van der Waals surface area contributed by atoms with E-state index in [0.29, 0.717) is 17.0 Å². The van der Waals surface area contributed by atoms with Crippen LogP contribution < -0.4 is 4.74 Å². The van der Waals surface area contributed by atoms with Gasteiger partial charge in [0.15, 0.2) is 9.84 Å². The number of rotatable bonds is 5. The van der Waals surface area contributed by atoms with Crippen molar-refractivity contribution in [1.29, 1.82) is 0 Å². The average molecular weight is 353 g/mol. The zero-order valence-electron chi connectivity index (χ0n) is 13.5. The van der Waals surface area contributed by atoms with Crippen molar-refractivity contribution in [3.05, 3.63) is 47.2 Å². The Morgan fingerprint density at radius 1 is 1.17 bits per heavy atom. The number of hydrogen-bond acceptors (Lipinski definition) is 5. The van der Waals surface area contributed by atoms with Crippen LogP contribution in [0.2, 0.25) is 0 Å². The summed E-state index contributed by atoms with van der Waals surface area (Å²) in [4.78, 5) is 4.29. The third kappa shape index (κ3) is 4.17. The van der Waals surface area contributed by atoms with Crippen molar-refractivity contribution in [2.24, 2.45) is 0 Å². The van der Waals surface area contributed by atoms with E-state index in [4.69, 9.17) is 4.74 Å². The van der Waals surface area contributed by atoms with Gasteiger partial charge in [0.1, 0.15) is 15.7 Å². The fourth-order valence-electron chi connectivity index (χ4n) is 2.34. The lowest BCUT2D eigenvalue weighted by Crippen LogP contribution is -2.11. The summed E-state index contributed by atoms with van der Waals surface area (Å²) in [5.41, 5.74) is 2.04. The van der Waals surface area contributed by atoms with Gasteiger partial charge in [-0.1, -0.05) is 12.1 Å². The molecule has 0 aliphatic rings. The van der Waals surface area contributed by atoms with Gasteiger partial charge in [0.25, 0.3) is 0 Å². The largest absolute Gasteiger partial charge is 0.497 e. The lowest BCUT2D eigenvalue weighted by molar-refractivity contribution is 0.414. The number of aromatic nitrogens is 1. The van der Waals surface area contributed by atoms with Crippen LogP contribution in [-0.4, -0.2) is 31.0 Å². The molecule has 1 atom stereocenters. The highest BCUT2D eigenvalue weighted by molar-refractivity contribution is 7.92. The monoisotopic (exact) mass is 353 g/mol. The standard InChI is InChI=1S/C16H19NO4S2/c1-11-9-12(2)17-16(15(11)23(4,19)20)22(18)10-13-5-7-14(21-3)8-6-13/h5-9H,10H2,1-4H3/t22-/m0/s1. The topological polar surface area (TPSA) is 73.3 Å². The third-order valence-corrected chi connectivity index (χ3v) is 6.01. The third-order valence-electron chi connectivity index (χ3n) is 3.30. The van der Waals surface area contributed by atoms with Crippen molar-refractivity contribution >= 4 is 20.6 Å². The predicted octanol–water partition coefficient (Wildman–Crippen LogP) is 2.42. The first-order chi connectivity index (χ1) is 10.7. The Bertz CT molecular complexity index is 843. The predicted molar refractivity (Wildman–Crippen MR) is 89.9 cm³/mol. The highest BCUT2D eigenvalue weighted by Gasteiger charge is 2.22. The van der Waals surface area contributed by atoms with E-state index in [1.807, 2.05) is 0 Å². The molecule has 0 N–H and O–H groups in total. The Kier molecular flexibility index (Phi) is 5.21. The SMILES string of the molecule is COc1ccc(C[S@](=O)c2nc(C)cc(C)c2S(C)(=O)=O)cc1. The molecular weight excluding hydrogens is 334 g/mol. The van der Waals surface area contributed by atoms with Gasteiger partial charge in [-0.25, -0.2) is 13.4 Å². The van der Waals surface area contributed by atoms with Crippen LogP contribution in [-0.2, 0) is 26.4 Å². The van der Waals surface area contributed by atoms with Crippen LogP contribution in [0, 0.1) is 13.8 Å². The molecule has 23 heavy (non-hydrogen) atoms. The Morgan fingerprint density at radius 3 is 2.30 bits per heavy atom. The molecule has 0 aliphatic carbocycles. The summed E-state index contributed by atoms with van der Waals surface area (Å²) < 4.78 is 41.9. The zero-order chi connectivity index (χ0) is 17.2. The van der Waals surface area contributed by atoms with Gasteiger partial charge in [-0.2, -0.15) is 0 Å². The first kappa shape index (κ1) is 17.6. The average Bonchev–Trinajstić information content (AvgIpc) is 2.45. The minimum Gasteiger partial charge on any atom is -0.497 e. The number of ether oxygens (including phenoxy) is 1. The van der Waals surface area contributed by atoms with Gasteiger partial charge in [-0.15, -0.1) is 0 Å². The minimum absolute atomic E-state index is 0.0648. The number of benzene rings is 1. The molecule has 0 spiro atoms. The highest BCUT2D eigenvalue weighted by Crippen LogP contribution is 2.24. The van der Waals surface area contributed by atoms with Crippen LogP contribution >= 0.6 is 0 Å². The molecule has 0 unspecified atom stereocenters. The van der Waals surface area contributed by atoms with Crippen LogP contribution in [0.25, 0.3) is 0 Å². The van der Waals surface area contributed by atoms with Crippen molar-refractivity contribution in [3.63, 3.8) is 0 Å². The fraction of sp³-hybridized carbons (Fsp3) is 0.312. The van der Waals surface area contributed by atoms with E-state index in [0.717, 1.165) is 11.8 Å². The Balaban J connectivity index is 2.42. The van der Waals surface area contributed by atoms with Gasteiger partial charge >= 0.3 is 0 Å². The van der Waals surface area contributed by atoms with Crippen molar-refractivity contribution in [1.82, 2.24) is 4.98 Å². The Morgan fingerprint density at radius 2 is 1.78 bits per heavy atom. The quantitative estimate of drug-likeness (QED) is 0.825. The molecule has 2 aromatic rings. The van der Waals surface area contributed by atoms with E-state index in [9.17, 15) is 12.6 Å². The molecule has 124 valence electrons.